The summed E-state index contributed by atoms with van der Waals surface area (Å²) in [6.45, 7) is 11.3. The SMILES string of the molecule is CCNC(=NCCC(OCC)C(C)C)NCCN1C(=O)CNC1=O. The van der Waals surface area contributed by atoms with E-state index in [1.807, 2.05) is 13.8 Å². The fourth-order valence-corrected chi connectivity index (χ4v) is 2.44. The highest BCUT2D eigenvalue weighted by Crippen LogP contribution is 2.10. The Kier molecular flexibility index (Phi) is 9.14. The summed E-state index contributed by atoms with van der Waals surface area (Å²) in [6.07, 6.45) is 1.06. The van der Waals surface area contributed by atoms with Crippen molar-refractivity contribution in [2.75, 3.05) is 39.3 Å². The van der Waals surface area contributed by atoms with Gasteiger partial charge in [-0.1, -0.05) is 13.8 Å². The molecule has 3 N–H and O–H groups in total. The molecule has 0 aromatic heterocycles. The quantitative estimate of drug-likeness (QED) is 0.306. The Morgan fingerprint density at radius 1 is 1.33 bits per heavy atom. The van der Waals surface area contributed by atoms with Gasteiger partial charge in [-0.3, -0.25) is 14.7 Å². The van der Waals surface area contributed by atoms with Crippen LogP contribution in [0.1, 0.15) is 34.1 Å². The molecule has 3 amide bonds. The van der Waals surface area contributed by atoms with Crippen LogP contribution < -0.4 is 16.0 Å². The van der Waals surface area contributed by atoms with Crippen molar-refractivity contribution in [1.29, 1.82) is 0 Å². The molecule has 0 spiro atoms. The van der Waals surface area contributed by atoms with E-state index in [4.69, 9.17) is 4.74 Å². The summed E-state index contributed by atoms with van der Waals surface area (Å²) in [5, 5.41) is 8.81. The molecular formula is C16H31N5O3. The number of rotatable bonds is 10. The molecule has 0 aliphatic carbocycles. The van der Waals surface area contributed by atoms with E-state index in [-0.39, 0.29) is 24.6 Å². The van der Waals surface area contributed by atoms with Gasteiger partial charge in [-0.2, -0.15) is 0 Å². The Morgan fingerprint density at radius 3 is 2.62 bits per heavy atom. The lowest BCUT2D eigenvalue weighted by Gasteiger charge is -2.20. The average Bonchev–Trinajstić information content (AvgIpc) is 2.85. The number of carbonyl (C=O) groups excluding carboxylic acids is 2. The van der Waals surface area contributed by atoms with E-state index >= 15 is 0 Å². The number of guanidine groups is 1. The van der Waals surface area contributed by atoms with Gasteiger partial charge < -0.3 is 20.7 Å². The molecule has 1 aliphatic rings. The standard InChI is InChI=1S/C16H31N5O3/c1-5-17-15(18-8-7-13(12(3)4)24-6-2)19-9-10-21-14(22)11-20-16(21)23/h12-13H,5-11H2,1-4H3,(H,20,23)(H2,17,18,19). The van der Waals surface area contributed by atoms with Gasteiger partial charge in [-0.05, 0) is 26.2 Å². The largest absolute Gasteiger partial charge is 0.378 e. The van der Waals surface area contributed by atoms with E-state index in [9.17, 15) is 9.59 Å². The molecule has 1 unspecified atom stereocenters. The summed E-state index contributed by atoms with van der Waals surface area (Å²) >= 11 is 0. The molecule has 1 aliphatic heterocycles. The van der Waals surface area contributed by atoms with Crippen molar-refractivity contribution >= 4 is 17.9 Å². The third-order valence-corrected chi connectivity index (χ3v) is 3.72. The number of urea groups is 1. The zero-order chi connectivity index (χ0) is 17.9. The van der Waals surface area contributed by atoms with Gasteiger partial charge in [0.05, 0.1) is 12.6 Å². The van der Waals surface area contributed by atoms with Crippen LogP contribution in [0.2, 0.25) is 0 Å². The lowest BCUT2D eigenvalue weighted by atomic mass is 10.0. The van der Waals surface area contributed by atoms with Crippen molar-refractivity contribution in [3.8, 4) is 0 Å². The van der Waals surface area contributed by atoms with Gasteiger partial charge >= 0.3 is 6.03 Å². The van der Waals surface area contributed by atoms with E-state index in [0.29, 0.717) is 38.1 Å². The lowest BCUT2D eigenvalue weighted by Crippen LogP contribution is -2.43. The Labute approximate surface area is 144 Å². The van der Waals surface area contributed by atoms with Crippen molar-refractivity contribution in [2.45, 2.75) is 40.2 Å². The zero-order valence-electron chi connectivity index (χ0n) is 15.2. The molecule has 0 bridgehead atoms. The molecule has 8 nitrogen and oxygen atoms in total. The number of hydrogen-bond donors (Lipinski definition) is 3. The van der Waals surface area contributed by atoms with Gasteiger partial charge in [0.2, 0.25) is 5.91 Å². The molecule has 0 radical (unpaired) electrons. The average molecular weight is 341 g/mol. The molecule has 8 heteroatoms. The molecule has 1 fully saturated rings. The maximum Gasteiger partial charge on any atom is 0.324 e. The first-order valence-electron chi connectivity index (χ1n) is 8.71. The second-order valence-corrected chi connectivity index (χ2v) is 5.92. The van der Waals surface area contributed by atoms with E-state index in [0.717, 1.165) is 13.0 Å². The number of imide groups is 1. The first-order chi connectivity index (χ1) is 11.5. The van der Waals surface area contributed by atoms with Crippen LogP contribution in [0, 0.1) is 5.92 Å². The predicted octanol–water partition coefficient (Wildman–Crippen LogP) is 0.545. The maximum atomic E-state index is 11.5. The van der Waals surface area contributed by atoms with Gasteiger partial charge in [-0.25, -0.2) is 4.79 Å². The summed E-state index contributed by atoms with van der Waals surface area (Å²) < 4.78 is 5.72. The first-order valence-corrected chi connectivity index (χ1v) is 8.71. The molecule has 0 saturated carbocycles. The molecule has 1 rings (SSSR count). The van der Waals surface area contributed by atoms with Crippen LogP contribution in [-0.4, -0.2) is 68.2 Å². The predicted molar refractivity (Wildman–Crippen MR) is 94.0 cm³/mol. The molecule has 1 atom stereocenters. The van der Waals surface area contributed by atoms with Crippen molar-refractivity contribution in [2.24, 2.45) is 10.9 Å². The van der Waals surface area contributed by atoms with Crippen LogP contribution in [-0.2, 0) is 9.53 Å². The van der Waals surface area contributed by atoms with Crippen molar-refractivity contribution < 1.29 is 14.3 Å². The van der Waals surface area contributed by atoms with Crippen LogP contribution >= 0.6 is 0 Å². The van der Waals surface area contributed by atoms with Crippen LogP contribution in [0.25, 0.3) is 0 Å². The van der Waals surface area contributed by atoms with Crippen molar-refractivity contribution in [3.63, 3.8) is 0 Å². The Bertz CT molecular complexity index is 423. The van der Waals surface area contributed by atoms with Crippen LogP contribution in [0.5, 0.6) is 0 Å². The molecule has 138 valence electrons. The van der Waals surface area contributed by atoms with Crippen molar-refractivity contribution in [3.05, 3.63) is 0 Å². The van der Waals surface area contributed by atoms with Gasteiger partial charge in [0.25, 0.3) is 0 Å². The minimum absolute atomic E-state index is 0.0843. The monoisotopic (exact) mass is 341 g/mol. The number of nitrogens with one attached hydrogen (secondary N) is 3. The minimum atomic E-state index is -0.333. The van der Waals surface area contributed by atoms with E-state index in [1.165, 1.54) is 4.90 Å². The number of aliphatic imine (C=N–C) groups is 1. The van der Waals surface area contributed by atoms with E-state index in [2.05, 4.69) is 34.8 Å². The third kappa shape index (κ3) is 6.74. The van der Waals surface area contributed by atoms with Crippen LogP contribution in [0.15, 0.2) is 4.99 Å². The normalized spacial score (nSPS) is 16.5. The second kappa shape index (κ2) is 10.9. The number of amides is 3. The summed E-state index contributed by atoms with van der Waals surface area (Å²) in [4.78, 5) is 28.7. The Balaban J connectivity index is 2.41. The maximum absolute atomic E-state index is 11.5. The number of nitrogens with zero attached hydrogens (tertiary/aromatic N) is 2. The highest BCUT2D eigenvalue weighted by atomic mass is 16.5. The van der Waals surface area contributed by atoms with Gasteiger partial charge in [-0.15, -0.1) is 0 Å². The Hall–Kier alpha value is -1.83. The zero-order valence-corrected chi connectivity index (χ0v) is 15.2. The third-order valence-electron chi connectivity index (χ3n) is 3.72. The molecule has 1 heterocycles. The second-order valence-electron chi connectivity index (χ2n) is 5.92. The fraction of sp³-hybridized carbons (Fsp3) is 0.812. The van der Waals surface area contributed by atoms with Crippen LogP contribution in [0.4, 0.5) is 4.79 Å². The lowest BCUT2D eigenvalue weighted by molar-refractivity contribution is -0.124. The molecule has 24 heavy (non-hydrogen) atoms. The number of hydrogen-bond acceptors (Lipinski definition) is 4. The van der Waals surface area contributed by atoms with Gasteiger partial charge in [0.1, 0.15) is 0 Å². The summed E-state index contributed by atoms with van der Waals surface area (Å²) in [6, 6.07) is -0.333. The topological polar surface area (TPSA) is 95.1 Å². The van der Waals surface area contributed by atoms with Crippen LogP contribution in [0.3, 0.4) is 0 Å². The van der Waals surface area contributed by atoms with Crippen molar-refractivity contribution in [1.82, 2.24) is 20.9 Å². The highest BCUT2D eigenvalue weighted by molar-refractivity contribution is 6.01. The summed E-state index contributed by atoms with van der Waals surface area (Å²) in [5.74, 6) is 0.944. The highest BCUT2D eigenvalue weighted by Gasteiger charge is 2.27. The van der Waals surface area contributed by atoms with E-state index < -0.39 is 0 Å². The molecule has 0 aromatic rings. The molecule has 1 saturated heterocycles. The summed E-state index contributed by atoms with van der Waals surface area (Å²) in [7, 11) is 0. The van der Waals surface area contributed by atoms with Gasteiger partial charge in [0.15, 0.2) is 5.96 Å². The fourth-order valence-electron chi connectivity index (χ4n) is 2.44. The summed E-state index contributed by atoms with van der Waals surface area (Å²) in [5.41, 5.74) is 0. The molecular weight excluding hydrogens is 310 g/mol. The minimum Gasteiger partial charge on any atom is -0.378 e. The van der Waals surface area contributed by atoms with Gasteiger partial charge in [0, 0.05) is 32.8 Å². The Morgan fingerprint density at radius 2 is 2.08 bits per heavy atom. The molecule has 0 aromatic carbocycles. The number of carbonyl (C=O) groups is 2. The number of ether oxygens (including phenoxy) is 1. The first kappa shape index (κ1) is 20.2. The van der Waals surface area contributed by atoms with E-state index in [1.54, 1.807) is 0 Å². The smallest absolute Gasteiger partial charge is 0.324 e.